The molecule has 16 heavy (non-hydrogen) atoms. The van der Waals surface area contributed by atoms with Crippen LogP contribution in [0.4, 0.5) is 5.69 Å². The van der Waals surface area contributed by atoms with E-state index in [0.29, 0.717) is 24.2 Å². The first-order valence-electron chi connectivity index (χ1n) is 5.22. The van der Waals surface area contributed by atoms with E-state index in [0.717, 1.165) is 6.42 Å². The Morgan fingerprint density at radius 3 is 3.06 bits per heavy atom. The number of carbonyl (C=O) groups is 1. The lowest BCUT2D eigenvalue weighted by Gasteiger charge is -2.29. The highest BCUT2D eigenvalue weighted by Crippen LogP contribution is 2.21. The van der Waals surface area contributed by atoms with Crippen molar-refractivity contribution in [1.29, 1.82) is 5.26 Å². The zero-order valence-corrected chi connectivity index (χ0v) is 8.76. The van der Waals surface area contributed by atoms with Crippen LogP contribution < -0.4 is 4.90 Å². The van der Waals surface area contributed by atoms with Crippen molar-refractivity contribution in [2.45, 2.75) is 18.9 Å². The number of carbonyl (C=O) groups excluding carboxylic acids is 1. The number of aliphatic hydroxyl groups excluding tert-OH is 1. The summed E-state index contributed by atoms with van der Waals surface area (Å²) < 4.78 is 0. The van der Waals surface area contributed by atoms with Crippen molar-refractivity contribution in [3.8, 4) is 6.07 Å². The van der Waals surface area contributed by atoms with E-state index in [9.17, 15) is 9.90 Å². The maximum atomic E-state index is 11.7. The molecule has 4 nitrogen and oxygen atoms in total. The van der Waals surface area contributed by atoms with Gasteiger partial charge in [0.2, 0.25) is 0 Å². The van der Waals surface area contributed by atoms with Crippen LogP contribution in [0, 0.1) is 11.3 Å². The van der Waals surface area contributed by atoms with E-state index in [1.165, 1.54) is 4.90 Å². The van der Waals surface area contributed by atoms with Crippen molar-refractivity contribution in [2.24, 2.45) is 0 Å². The van der Waals surface area contributed by atoms with Gasteiger partial charge in [0.25, 0.3) is 5.91 Å². The summed E-state index contributed by atoms with van der Waals surface area (Å²) >= 11 is 0. The monoisotopic (exact) mass is 216 g/mol. The Kier molecular flexibility index (Phi) is 2.88. The van der Waals surface area contributed by atoms with E-state index < -0.39 is 6.10 Å². The number of rotatable bonds is 1. The molecule has 1 aliphatic heterocycles. The average molecular weight is 216 g/mol. The van der Waals surface area contributed by atoms with Crippen LogP contribution in [0.15, 0.2) is 24.3 Å². The average Bonchev–Trinajstić information content (AvgIpc) is 2.33. The smallest absolute Gasteiger partial charge is 0.255 e. The molecule has 1 saturated heterocycles. The molecule has 2 rings (SSSR count). The molecule has 1 unspecified atom stereocenters. The molecule has 0 spiro atoms. The van der Waals surface area contributed by atoms with Gasteiger partial charge in [0.15, 0.2) is 0 Å². The quantitative estimate of drug-likeness (QED) is 0.763. The molecule has 1 aliphatic rings. The van der Waals surface area contributed by atoms with Crippen LogP contribution in [0.1, 0.15) is 18.4 Å². The summed E-state index contributed by atoms with van der Waals surface area (Å²) in [7, 11) is 0. The van der Waals surface area contributed by atoms with Crippen molar-refractivity contribution in [1.82, 2.24) is 0 Å². The molecule has 0 saturated carbocycles. The predicted molar refractivity (Wildman–Crippen MR) is 58.8 cm³/mol. The number of benzene rings is 1. The van der Waals surface area contributed by atoms with Gasteiger partial charge in [-0.05, 0) is 31.0 Å². The van der Waals surface area contributed by atoms with Gasteiger partial charge in [-0.3, -0.25) is 4.79 Å². The molecule has 1 atom stereocenters. The number of nitriles is 1. The second-order valence-corrected chi connectivity index (χ2v) is 3.81. The van der Waals surface area contributed by atoms with Crippen molar-refractivity contribution in [3.05, 3.63) is 29.8 Å². The van der Waals surface area contributed by atoms with Crippen LogP contribution in [-0.4, -0.2) is 23.7 Å². The minimum absolute atomic E-state index is 0.277. The van der Waals surface area contributed by atoms with Gasteiger partial charge in [-0.2, -0.15) is 5.26 Å². The summed E-state index contributed by atoms with van der Waals surface area (Å²) in [5.41, 5.74) is 1.20. The van der Waals surface area contributed by atoms with E-state index in [-0.39, 0.29) is 5.91 Å². The SMILES string of the molecule is N#Cc1cccc(N2CCCC(O)C2=O)c1. The Hall–Kier alpha value is -1.86. The molecule has 1 amide bonds. The Morgan fingerprint density at radius 2 is 2.31 bits per heavy atom. The van der Waals surface area contributed by atoms with Crippen molar-refractivity contribution in [3.63, 3.8) is 0 Å². The van der Waals surface area contributed by atoms with Gasteiger partial charge in [0.05, 0.1) is 11.6 Å². The van der Waals surface area contributed by atoms with E-state index in [1.54, 1.807) is 24.3 Å². The number of nitrogens with zero attached hydrogens (tertiary/aromatic N) is 2. The summed E-state index contributed by atoms with van der Waals surface area (Å²) in [4.78, 5) is 13.3. The van der Waals surface area contributed by atoms with E-state index in [2.05, 4.69) is 0 Å². The van der Waals surface area contributed by atoms with Gasteiger partial charge in [-0.25, -0.2) is 0 Å². The second kappa shape index (κ2) is 4.33. The summed E-state index contributed by atoms with van der Waals surface area (Å²) in [6.07, 6.45) is 0.399. The number of piperidine rings is 1. The fourth-order valence-corrected chi connectivity index (χ4v) is 1.86. The van der Waals surface area contributed by atoms with Crippen LogP contribution in [0.25, 0.3) is 0 Å². The molecular formula is C12H12N2O2. The molecule has 0 aromatic heterocycles. The highest BCUT2D eigenvalue weighted by molar-refractivity contribution is 5.97. The van der Waals surface area contributed by atoms with Crippen LogP contribution >= 0.6 is 0 Å². The standard InChI is InChI=1S/C12H12N2O2/c13-8-9-3-1-4-10(7-9)14-6-2-5-11(15)12(14)16/h1,3-4,7,11,15H,2,5-6H2. The normalized spacial score (nSPS) is 20.6. The lowest BCUT2D eigenvalue weighted by Crippen LogP contribution is -2.44. The lowest BCUT2D eigenvalue weighted by molar-refractivity contribution is -0.128. The zero-order chi connectivity index (χ0) is 11.5. The first-order valence-corrected chi connectivity index (χ1v) is 5.22. The Balaban J connectivity index is 2.29. The van der Waals surface area contributed by atoms with Crippen LogP contribution in [0.2, 0.25) is 0 Å². The molecule has 1 heterocycles. The molecule has 82 valence electrons. The van der Waals surface area contributed by atoms with Gasteiger partial charge < -0.3 is 10.0 Å². The summed E-state index contributed by atoms with van der Waals surface area (Å²) in [6.45, 7) is 0.602. The highest BCUT2D eigenvalue weighted by Gasteiger charge is 2.27. The number of anilines is 1. The summed E-state index contributed by atoms with van der Waals surface area (Å²) in [6, 6.07) is 8.90. The molecule has 4 heteroatoms. The lowest BCUT2D eigenvalue weighted by atomic mass is 10.1. The third-order valence-corrected chi connectivity index (χ3v) is 2.70. The number of hydrogen-bond acceptors (Lipinski definition) is 3. The third kappa shape index (κ3) is 1.90. The Morgan fingerprint density at radius 1 is 1.50 bits per heavy atom. The van der Waals surface area contributed by atoms with Crippen LogP contribution in [0.5, 0.6) is 0 Å². The van der Waals surface area contributed by atoms with Gasteiger partial charge in [-0.15, -0.1) is 0 Å². The van der Waals surface area contributed by atoms with Crippen molar-refractivity contribution in [2.75, 3.05) is 11.4 Å². The van der Waals surface area contributed by atoms with Crippen molar-refractivity contribution < 1.29 is 9.90 Å². The molecule has 1 fully saturated rings. The van der Waals surface area contributed by atoms with E-state index >= 15 is 0 Å². The first-order chi connectivity index (χ1) is 7.72. The summed E-state index contributed by atoms with van der Waals surface area (Å²) in [5.74, 6) is -0.277. The summed E-state index contributed by atoms with van der Waals surface area (Å²) in [5, 5.41) is 18.3. The molecule has 1 aromatic rings. The molecule has 0 bridgehead atoms. The van der Waals surface area contributed by atoms with E-state index in [1.807, 2.05) is 6.07 Å². The molecule has 0 radical (unpaired) electrons. The minimum Gasteiger partial charge on any atom is -0.383 e. The molecule has 1 aromatic carbocycles. The van der Waals surface area contributed by atoms with Crippen LogP contribution in [0.3, 0.4) is 0 Å². The Labute approximate surface area is 93.7 Å². The predicted octanol–water partition coefficient (Wildman–Crippen LogP) is 1.05. The van der Waals surface area contributed by atoms with E-state index in [4.69, 9.17) is 5.26 Å². The highest BCUT2D eigenvalue weighted by atomic mass is 16.3. The second-order valence-electron chi connectivity index (χ2n) is 3.81. The van der Waals surface area contributed by atoms with Gasteiger partial charge in [0.1, 0.15) is 6.10 Å². The van der Waals surface area contributed by atoms with Gasteiger partial charge >= 0.3 is 0 Å². The number of amides is 1. The number of hydrogen-bond donors (Lipinski definition) is 1. The zero-order valence-electron chi connectivity index (χ0n) is 8.76. The third-order valence-electron chi connectivity index (χ3n) is 2.70. The number of aliphatic hydroxyl groups is 1. The van der Waals surface area contributed by atoms with Gasteiger partial charge in [-0.1, -0.05) is 6.07 Å². The Bertz CT molecular complexity index is 451. The minimum atomic E-state index is -0.903. The fraction of sp³-hybridized carbons (Fsp3) is 0.333. The largest absolute Gasteiger partial charge is 0.383 e. The molecular weight excluding hydrogens is 204 g/mol. The fourth-order valence-electron chi connectivity index (χ4n) is 1.86. The molecule has 0 aliphatic carbocycles. The molecule has 1 N–H and O–H groups in total. The maximum absolute atomic E-state index is 11.7. The van der Waals surface area contributed by atoms with Gasteiger partial charge in [0, 0.05) is 12.2 Å². The van der Waals surface area contributed by atoms with Crippen molar-refractivity contribution >= 4 is 11.6 Å². The topological polar surface area (TPSA) is 64.3 Å². The van der Waals surface area contributed by atoms with Crippen LogP contribution in [-0.2, 0) is 4.79 Å². The first kappa shape index (κ1) is 10.7. The maximum Gasteiger partial charge on any atom is 0.255 e.